The molecule has 1 aromatic heterocycles. The fourth-order valence-corrected chi connectivity index (χ4v) is 2.91. The summed E-state index contributed by atoms with van der Waals surface area (Å²) in [6, 6.07) is 0.715. The Morgan fingerprint density at radius 3 is 2.80 bits per heavy atom. The Labute approximate surface area is 95.5 Å². The molecule has 15 heavy (non-hydrogen) atoms. The lowest BCUT2D eigenvalue weighted by Crippen LogP contribution is -2.42. The molecule has 1 aliphatic rings. The summed E-state index contributed by atoms with van der Waals surface area (Å²) in [4.78, 5) is 6.94. The molecule has 1 aromatic rings. The maximum atomic E-state index is 4.53. The van der Waals surface area contributed by atoms with Gasteiger partial charge in [0.15, 0.2) is 5.13 Å². The standard InChI is InChI=1S/C11H19N3S/c1-3-12-10-4-6-14(7-5-10)11-13-9(2)8-15-11/h8,10,12H,3-7H2,1-2H3. The summed E-state index contributed by atoms with van der Waals surface area (Å²) in [5, 5.41) is 6.85. The van der Waals surface area contributed by atoms with Crippen LogP contribution in [0.5, 0.6) is 0 Å². The first-order chi connectivity index (χ1) is 7.29. The minimum atomic E-state index is 0.715. The first-order valence-corrected chi connectivity index (χ1v) is 6.58. The van der Waals surface area contributed by atoms with E-state index in [9.17, 15) is 0 Å². The molecule has 1 aliphatic heterocycles. The number of rotatable bonds is 3. The van der Waals surface area contributed by atoms with E-state index in [1.165, 1.54) is 18.0 Å². The van der Waals surface area contributed by atoms with Gasteiger partial charge in [0.1, 0.15) is 0 Å². The Balaban J connectivity index is 1.88. The van der Waals surface area contributed by atoms with Crippen molar-refractivity contribution in [1.29, 1.82) is 0 Å². The zero-order valence-electron chi connectivity index (χ0n) is 9.49. The predicted octanol–water partition coefficient (Wildman–Crippen LogP) is 2.03. The number of anilines is 1. The van der Waals surface area contributed by atoms with Gasteiger partial charge in [-0.1, -0.05) is 6.92 Å². The Morgan fingerprint density at radius 1 is 1.53 bits per heavy atom. The van der Waals surface area contributed by atoms with Crippen LogP contribution in [-0.2, 0) is 0 Å². The zero-order chi connectivity index (χ0) is 10.7. The van der Waals surface area contributed by atoms with E-state index in [1.54, 1.807) is 11.3 Å². The van der Waals surface area contributed by atoms with Gasteiger partial charge in [0, 0.05) is 24.5 Å². The molecule has 0 bridgehead atoms. The Kier molecular flexibility index (Phi) is 3.59. The average Bonchev–Trinajstić information content (AvgIpc) is 2.67. The van der Waals surface area contributed by atoms with Crippen LogP contribution in [0.1, 0.15) is 25.5 Å². The highest BCUT2D eigenvalue weighted by Crippen LogP contribution is 2.23. The number of piperidine rings is 1. The molecule has 0 saturated carbocycles. The lowest BCUT2D eigenvalue weighted by Gasteiger charge is -2.32. The summed E-state index contributed by atoms with van der Waals surface area (Å²) >= 11 is 1.77. The van der Waals surface area contributed by atoms with Crippen molar-refractivity contribution >= 4 is 16.5 Å². The van der Waals surface area contributed by atoms with Crippen molar-refractivity contribution < 1.29 is 0 Å². The van der Waals surface area contributed by atoms with Gasteiger partial charge in [-0.05, 0) is 26.3 Å². The van der Waals surface area contributed by atoms with Crippen LogP contribution in [0, 0.1) is 6.92 Å². The van der Waals surface area contributed by atoms with Gasteiger partial charge >= 0.3 is 0 Å². The number of hydrogen-bond acceptors (Lipinski definition) is 4. The van der Waals surface area contributed by atoms with Gasteiger partial charge in [-0.3, -0.25) is 0 Å². The number of aryl methyl sites for hydroxylation is 1. The Bertz CT molecular complexity index is 303. The van der Waals surface area contributed by atoms with E-state index in [-0.39, 0.29) is 0 Å². The van der Waals surface area contributed by atoms with Crippen molar-refractivity contribution in [3.05, 3.63) is 11.1 Å². The zero-order valence-corrected chi connectivity index (χ0v) is 10.3. The van der Waals surface area contributed by atoms with Crippen molar-refractivity contribution in [3.63, 3.8) is 0 Å². The van der Waals surface area contributed by atoms with E-state index >= 15 is 0 Å². The molecule has 0 amide bonds. The van der Waals surface area contributed by atoms with Gasteiger partial charge in [0.05, 0.1) is 5.69 Å². The van der Waals surface area contributed by atoms with Crippen LogP contribution in [0.15, 0.2) is 5.38 Å². The van der Waals surface area contributed by atoms with Gasteiger partial charge in [-0.25, -0.2) is 4.98 Å². The third-order valence-corrected chi connectivity index (χ3v) is 3.88. The van der Waals surface area contributed by atoms with E-state index in [1.807, 2.05) is 0 Å². The molecule has 1 N–H and O–H groups in total. The van der Waals surface area contributed by atoms with Crippen LogP contribution >= 0.6 is 11.3 Å². The van der Waals surface area contributed by atoms with Gasteiger partial charge in [0.25, 0.3) is 0 Å². The molecular weight excluding hydrogens is 206 g/mol. The molecule has 0 atom stereocenters. The summed E-state index contributed by atoms with van der Waals surface area (Å²) in [5.41, 5.74) is 1.14. The van der Waals surface area contributed by atoms with Crippen molar-refractivity contribution in [1.82, 2.24) is 10.3 Å². The largest absolute Gasteiger partial charge is 0.348 e. The highest BCUT2D eigenvalue weighted by Gasteiger charge is 2.19. The molecule has 0 radical (unpaired) electrons. The summed E-state index contributed by atoms with van der Waals surface area (Å²) in [5.74, 6) is 0. The van der Waals surface area contributed by atoms with Gasteiger partial charge in [-0.15, -0.1) is 11.3 Å². The molecule has 0 aromatic carbocycles. The molecule has 3 nitrogen and oxygen atoms in total. The number of hydrogen-bond donors (Lipinski definition) is 1. The lowest BCUT2D eigenvalue weighted by molar-refractivity contribution is 0.423. The normalized spacial score (nSPS) is 18.4. The van der Waals surface area contributed by atoms with Crippen LogP contribution in [0.25, 0.3) is 0 Å². The summed E-state index contributed by atoms with van der Waals surface area (Å²) < 4.78 is 0. The maximum Gasteiger partial charge on any atom is 0.185 e. The lowest BCUT2D eigenvalue weighted by atomic mass is 10.1. The number of thiazole rings is 1. The van der Waals surface area contributed by atoms with E-state index < -0.39 is 0 Å². The first kappa shape index (κ1) is 10.9. The van der Waals surface area contributed by atoms with E-state index in [0.717, 1.165) is 25.3 Å². The second-order valence-corrected chi connectivity index (χ2v) is 4.93. The highest BCUT2D eigenvalue weighted by molar-refractivity contribution is 7.13. The second-order valence-electron chi connectivity index (χ2n) is 4.09. The monoisotopic (exact) mass is 225 g/mol. The summed E-state index contributed by atoms with van der Waals surface area (Å²) in [6.07, 6.45) is 2.49. The number of aromatic nitrogens is 1. The van der Waals surface area contributed by atoms with Crippen molar-refractivity contribution in [2.75, 3.05) is 24.5 Å². The minimum Gasteiger partial charge on any atom is -0.348 e. The molecule has 84 valence electrons. The van der Waals surface area contributed by atoms with Gasteiger partial charge in [-0.2, -0.15) is 0 Å². The molecule has 2 rings (SSSR count). The van der Waals surface area contributed by atoms with Crippen LogP contribution in [0.3, 0.4) is 0 Å². The van der Waals surface area contributed by atoms with Crippen molar-refractivity contribution in [2.45, 2.75) is 32.7 Å². The van der Waals surface area contributed by atoms with Crippen LogP contribution in [-0.4, -0.2) is 30.7 Å². The molecule has 0 aliphatic carbocycles. The molecule has 0 unspecified atom stereocenters. The molecule has 4 heteroatoms. The van der Waals surface area contributed by atoms with Crippen LogP contribution < -0.4 is 10.2 Å². The quantitative estimate of drug-likeness (QED) is 0.853. The third-order valence-electron chi connectivity index (χ3n) is 2.87. The summed E-state index contributed by atoms with van der Waals surface area (Å²) in [7, 11) is 0. The van der Waals surface area contributed by atoms with Crippen LogP contribution in [0.4, 0.5) is 5.13 Å². The number of nitrogens with zero attached hydrogens (tertiary/aromatic N) is 2. The summed E-state index contributed by atoms with van der Waals surface area (Å²) in [6.45, 7) is 7.61. The van der Waals surface area contributed by atoms with Crippen molar-refractivity contribution in [2.24, 2.45) is 0 Å². The molecule has 0 spiro atoms. The fraction of sp³-hybridized carbons (Fsp3) is 0.727. The maximum absolute atomic E-state index is 4.53. The van der Waals surface area contributed by atoms with E-state index in [4.69, 9.17) is 0 Å². The predicted molar refractivity (Wildman–Crippen MR) is 65.8 cm³/mol. The SMILES string of the molecule is CCNC1CCN(c2nc(C)cs2)CC1. The Morgan fingerprint density at radius 2 is 2.27 bits per heavy atom. The third kappa shape index (κ3) is 2.69. The smallest absolute Gasteiger partial charge is 0.185 e. The Hall–Kier alpha value is -0.610. The van der Waals surface area contributed by atoms with Crippen LogP contribution in [0.2, 0.25) is 0 Å². The van der Waals surface area contributed by atoms with E-state index in [0.29, 0.717) is 6.04 Å². The number of nitrogens with one attached hydrogen (secondary N) is 1. The highest BCUT2D eigenvalue weighted by atomic mass is 32.1. The second kappa shape index (κ2) is 4.94. The van der Waals surface area contributed by atoms with Crippen molar-refractivity contribution in [3.8, 4) is 0 Å². The topological polar surface area (TPSA) is 28.2 Å². The van der Waals surface area contributed by atoms with E-state index in [2.05, 4.69) is 34.4 Å². The average molecular weight is 225 g/mol. The molecule has 2 heterocycles. The molecule has 1 saturated heterocycles. The van der Waals surface area contributed by atoms with Gasteiger partial charge < -0.3 is 10.2 Å². The fourth-order valence-electron chi connectivity index (χ4n) is 2.05. The van der Waals surface area contributed by atoms with Gasteiger partial charge in [0.2, 0.25) is 0 Å². The minimum absolute atomic E-state index is 0.715. The molecule has 1 fully saturated rings. The first-order valence-electron chi connectivity index (χ1n) is 5.70. The molecular formula is C11H19N3S.